The minimum atomic E-state index is -4.08. The molecule has 2 aromatic carbocycles. The minimum absolute atomic E-state index is 0.133. The number of anilines is 1. The van der Waals surface area contributed by atoms with Crippen molar-refractivity contribution in [3.05, 3.63) is 58.8 Å². The Morgan fingerprint density at radius 3 is 2.13 bits per heavy atom. The fraction of sp³-hybridized carbons (Fsp3) is 0.133. The first-order chi connectivity index (χ1) is 10.7. The van der Waals surface area contributed by atoms with E-state index in [4.69, 9.17) is 11.6 Å². The molecule has 0 aliphatic heterocycles. The molecular weight excluding hydrogens is 409 g/mol. The Balaban J connectivity index is 2.58. The van der Waals surface area contributed by atoms with Crippen molar-refractivity contribution in [2.45, 2.75) is 17.9 Å². The third kappa shape index (κ3) is 3.91. The molecule has 0 saturated heterocycles. The van der Waals surface area contributed by atoms with Gasteiger partial charge in [-0.25, -0.2) is 12.8 Å². The van der Waals surface area contributed by atoms with Crippen molar-refractivity contribution >= 4 is 48.5 Å². The van der Waals surface area contributed by atoms with Gasteiger partial charge in [-0.3, -0.25) is 9.10 Å². The summed E-state index contributed by atoms with van der Waals surface area (Å²) in [6.45, 7) is 1.39. The highest BCUT2D eigenvalue weighted by atomic mass is 79.9. The predicted octanol–water partition coefficient (Wildman–Crippen LogP) is 3.94. The quantitative estimate of drug-likeness (QED) is 0.689. The van der Waals surface area contributed by atoms with Gasteiger partial charge in [0.2, 0.25) is 5.24 Å². The molecule has 0 aromatic heterocycles. The van der Waals surface area contributed by atoms with Crippen molar-refractivity contribution < 1.29 is 17.6 Å². The largest absolute Gasteiger partial charge is 0.279 e. The highest BCUT2D eigenvalue weighted by Crippen LogP contribution is 2.28. The minimum Gasteiger partial charge on any atom is -0.279 e. The van der Waals surface area contributed by atoms with Crippen LogP contribution in [-0.2, 0) is 14.8 Å². The van der Waals surface area contributed by atoms with Crippen LogP contribution in [0.2, 0.25) is 0 Å². The predicted molar refractivity (Wildman–Crippen MR) is 90.5 cm³/mol. The molecule has 1 atom stereocenters. The summed E-state index contributed by atoms with van der Waals surface area (Å²) >= 11 is 8.77. The second-order valence-corrected chi connectivity index (χ2v) is 7.81. The second-order valence-electron chi connectivity index (χ2n) is 4.71. The molecule has 0 saturated carbocycles. The number of nitrogens with zero attached hydrogens (tertiary/aromatic N) is 1. The van der Waals surface area contributed by atoms with Gasteiger partial charge in [-0.05, 0) is 67.1 Å². The molecule has 122 valence electrons. The Hall–Kier alpha value is -1.44. The lowest BCUT2D eigenvalue weighted by Crippen LogP contribution is -2.42. The topological polar surface area (TPSA) is 54.5 Å². The Bertz CT molecular complexity index is 810. The van der Waals surface area contributed by atoms with Crippen LogP contribution in [0.15, 0.2) is 57.9 Å². The number of carbonyl (C=O) groups is 1. The molecule has 0 radical (unpaired) electrons. The molecule has 0 spiro atoms. The van der Waals surface area contributed by atoms with E-state index in [1.54, 1.807) is 24.3 Å². The maximum atomic E-state index is 13.0. The molecule has 8 heteroatoms. The van der Waals surface area contributed by atoms with Gasteiger partial charge in [-0.1, -0.05) is 15.9 Å². The third-order valence-electron chi connectivity index (χ3n) is 3.13. The van der Waals surface area contributed by atoms with E-state index < -0.39 is 27.1 Å². The van der Waals surface area contributed by atoms with E-state index in [9.17, 15) is 17.6 Å². The van der Waals surface area contributed by atoms with Gasteiger partial charge in [0, 0.05) is 4.47 Å². The average Bonchev–Trinajstić information content (AvgIpc) is 2.49. The van der Waals surface area contributed by atoms with E-state index in [1.165, 1.54) is 6.92 Å². The van der Waals surface area contributed by atoms with Crippen molar-refractivity contribution in [1.29, 1.82) is 0 Å². The lowest BCUT2D eigenvalue weighted by molar-refractivity contribution is -0.112. The van der Waals surface area contributed by atoms with Crippen LogP contribution in [-0.4, -0.2) is 19.7 Å². The smallest absolute Gasteiger partial charge is 0.265 e. The molecule has 1 unspecified atom stereocenters. The number of carbonyl (C=O) groups excluding carboxylic acids is 1. The van der Waals surface area contributed by atoms with Gasteiger partial charge < -0.3 is 0 Å². The molecule has 23 heavy (non-hydrogen) atoms. The standard InChI is InChI=1S/C15H12BrClFNO3S/c1-10(15(17)20)19(13-6-2-11(16)3-7-13)23(21,22)14-8-4-12(18)5-9-14/h2-10H,1H3. The summed E-state index contributed by atoms with van der Waals surface area (Å²) in [6, 6.07) is 9.63. The summed E-state index contributed by atoms with van der Waals surface area (Å²) in [5, 5.41) is -0.821. The van der Waals surface area contributed by atoms with E-state index in [0.717, 1.165) is 33.0 Å². The maximum absolute atomic E-state index is 13.0. The Morgan fingerprint density at radius 2 is 1.65 bits per heavy atom. The molecule has 0 bridgehead atoms. The van der Waals surface area contributed by atoms with Gasteiger partial charge in [0.15, 0.2) is 0 Å². The molecule has 2 aromatic rings. The highest BCUT2D eigenvalue weighted by molar-refractivity contribution is 9.10. The van der Waals surface area contributed by atoms with Crippen molar-refractivity contribution in [3.8, 4) is 0 Å². The summed E-state index contributed by atoms with van der Waals surface area (Å²) in [4.78, 5) is 11.4. The lowest BCUT2D eigenvalue weighted by atomic mass is 10.3. The molecule has 0 amide bonds. The fourth-order valence-electron chi connectivity index (χ4n) is 1.97. The van der Waals surface area contributed by atoms with Gasteiger partial charge in [0.25, 0.3) is 10.0 Å². The molecule has 0 aliphatic rings. The van der Waals surface area contributed by atoms with E-state index in [0.29, 0.717) is 0 Å². The first kappa shape index (κ1) is 17.9. The van der Waals surface area contributed by atoms with Gasteiger partial charge in [0.1, 0.15) is 11.9 Å². The van der Waals surface area contributed by atoms with Gasteiger partial charge >= 0.3 is 0 Å². The van der Waals surface area contributed by atoms with Crippen LogP contribution >= 0.6 is 27.5 Å². The lowest BCUT2D eigenvalue weighted by Gasteiger charge is -2.28. The van der Waals surface area contributed by atoms with Crippen LogP contribution in [0.4, 0.5) is 10.1 Å². The maximum Gasteiger partial charge on any atom is 0.265 e. The van der Waals surface area contributed by atoms with Gasteiger partial charge in [0.05, 0.1) is 10.6 Å². The van der Waals surface area contributed by atoms with E-state index >= 15 is 0 Å². The number of benzene rings is 2. The Morgan fingerprint density at radius 1 is 1.13 bits per heavy atom. The molecule has 0 heterocycles. The second kappa shape index (κ2) is 6.98. The Kier molecular flexibility index (Phi) is 5.44. The van der Waals surface area contributed by atoms with Crippen molar-refractivity contribution in [3.63, 3.8) is 0 Å². The fourth-order valence-corrected chi connectivity index (χ4v) is 4.01. The average molecular weight is 421 g/mol. The summed E-state index contributed by atoms with van der Waals surface area (Å²) in [7, 11) is -4.08. The summed E-state index contributed by atoms with van der Waals surface area (Å²) in [5.41, 5.74) is 0.277. The molecule has 2 rings (SSSR count). The zero-order chi connectivity index (χ0) is 17.2. The van der Waals surface area contributed by atoms with E-state index in [2.05, 4.69) is 15.9 Å². The first-order valence-corrected chi connectivity index (χ1v) is 9.09. The summed E-state index contributed by atoms with van der Waals surface area (Å²) in [5.74, 6) is -0.555. The monoisotopic (exact) mass is 419 g/mol. The zero-order valence-electron chi connectivity index (χ0n) is 11.9. The highest BCUT2D eigenvalue weighted by Gasteiger charge is 2.32. The third-order valence-corrected chi connectivity index (χ3v) is 5.89. The molecule has 4 nitrogen and oxygen atoms in total. The van der Waals surface area contributed by atoms with Crippen molar-refractivity contribution in [2.75, 3.05) is 4.31 Å². The van der Waals surface area contributed by atoms with Crippen LogP contribution in [0.25, 0.3) is 0 Å². The van der Waals surface area contributed by atoms with E-state index in [1.807, 2.05) is 0 Å². The van der Waals surface area contributed by atoms with Crippen LogP contribution in [0.5, 0.6) is 0 Å². The van der Waals surface area contributed by atoms with Crippen LogP contribution in [0.1, 0.15) is 6.92 Å². The van der Waals surface area contributed by atoms with Crippen molar-refractivity contribution in [2.24, 2.45) is 0 Å². The number of sulfonamides is 1. The molecule has 0 aliphatic carbocycles. The molecule has 0 fully saturated rings. The van der Waals surface area contributed by atoms with Crippen LogP contribution in [0.3, 0.4) is 0 Å². The summed E-state index contributed by atoms with van der Waals surface area (Å²) in [6.07, 6.45) is 0. The number of hydrogen-bond donors (Lipinski definition) is 0. The van der Waals surface area contributed by atoms with Crippen LogP contribution in [0, 0.1) is 5.82 Å². The number of rotatable bonds is 5. The van der Waals surface area contributed by atoms with E-state index in [-0.39, 0.29) is 10.6 Å². The van der Waals surface area contributed by atoms with Crippen molar-refractivity contribution in [1.82, 2.24) is 0 Å². The SMILES string of the molecule is CC(C(=O)Cl)N(c1ccc(Br)cc1)S(=O)(=O)c1ccc(F)cc1. The van der Waals surface area contributed by atoms with Gasteiger partial charge in [-0.15, -0.1) is 0 Å². The zero-order valence-corrected chi connectivity index (χ0v) is 15.1. The summed E-state index contributed by atoms with van der Waals surface area (Å²) < 4.78 is 40.4. The molecule has 0 N–H and O–H groups in total. The molecular formula is C15H12BrClFNO3S. The number of halogens is 3. The first-order valence-electron chi connectivity index (χ1n) is 6.48. The van der Waals surface area contributed by atoms with Crippen LogP contribution < -0.4 is 4.31 Å². The normalized spacial score (nSPS) is 12.7. The van der Waals surface area contributed by atoms with Gasteiger partial charge in [-0.2, -0.15) is 0 Å². The number of hydrogen-bond acceptors (Lipinski definition) is 3. The Labute approximate surface area is 147 Å².